The first-order valence-electron chi connectivity index (χ1n) is 7.33. The average molecular weight is 282 g/mol. The molecule has 21 heavy (non-hydrogen) atoms. The molecule has 0 heterocycles. The van der Waals surface area contributed by atoms with Gasteiger partial charge in [-0.1, -0.05) is 23.8 Å². The zero-order chi connectivity index (χ0) is 15.2. The number of methoxy groups -OCH3 is 1. The predicted molar refractivity (Wildman–Crippen MR) is 86.2 cm³/mol. The van der Waals surface area contributed by atoms with Crippen molar-refractivity contribution in [3.05, 3.63) is 64.7 Å². The lowest BCUT2D eigenvalue weighted by Gasteiger charge is -2.07. The van der Waals surface area contributed by atoms with Crippen molar-refractivity contribution in [2.75, 3.05) is 7.11 Å². The molecule has 2 aromatic rings. The number of benzene rings is 2. The van der Waals surface area contributed by atoms with E-state index in [1.165, 1.54) is 16.7 Å². The van der Waals surface area contributed by atoms with Gasteiger partial charge in [0, 0.05) is 12.0 Å². The summed E-state index contributed by atoms with van der Waals surface area (Å²) in [4.78, 5) is 12.1. The summed E-state index contributed by atoms with van der Waals surface area (Å²) in [6.45, 7) is 4.23. The van der Waals surface area contributed by atoms with Crippen LogP contribution in [-0.4, -0.2) is 12.9 Å². The van der Waals surface area contributed by atoms with Crippen molar-refractivity contribution in [3.63, 3.8) is 0 Å². The molecule has 0 aliphatic rings. The number of Topliss-reactive ketones (excluding diaryl/α,β-unsaturated/α-hetero) is 1. The smallest absolute Gasteiger partial charge is 0.162 e. The first-order valence-corrected chi connectivity index (χ1v) is 7.33. The quantitative estimate of drug-likeness (QED) is 0.728. The molecule has 0 atom stereocenters. The molecule has 0 unspecified atom stereocenters. The number of rotatable bonds is 6. The van der Waals surface area contributed by atoms with Crippen LogP contribution in [0.25, 0.3) is 0 Å². The molecule has 0 amide bonds. The maximum absolute atomic E-state index is 12.1. The Hall–Kier alpha value is -2.09. The van der Waals surface area contributed by atoms with Gasteiger partial charge in [0.1, 0.15) is 5.75 Å². The molecule has 0 N–H and O–H groups in total. The van der Waals surface area contributed by atoms with Crippen molar-refractivity contribution >= 4 is 5.78 Å². The van der Waals surface area contributed by atoms with Crippen LogP contribution in [0.2, 0.25) is 0 Å². The fraction of sp³-hybridized carbons (Fsp3) is 0.316. The monoisotopic (exact) mass is 282 g/mol. The van der Waals surface area contributed by atoms with Crippen LogP contribution in [0.1, 0.15) is 39.9 Å². The van der Waals surface area contributed by atoms with Crippen LogP contribution in [0.15, 0.2) is 42.5 Å². The van der Waals surface area contributed by atoms with E-state index in [0.29, 0.717) is 6.42 Å². The van der Waals surface area contributed by atoms with Crippen LogP contribution in [0.5, 0.6) is 5.75 Å². The Morgan fingerprint density at radius 2 is 1.76 bits per heavy atom. The maximum Gasteiger partial charge on any atom is 0.162 e. The summed E-state index contributed by atoms with van der Waals surface area (Å²) in [5, 5.41) is 0. The minimum Gasteiger partial charge on any atom is -0.497 e. The van der Waals surface area contributed by atoms with E-state index in [0.717, 1.165) is 24.2 Å². The van der Waals surface area contributed by atoms with E-state index < -0.39 is 0 Å². The molecule has 2 rings (SSSR count). The van der Waals surface area contributed by atoms with E-state index >= 15 is 0 Å². The van der Waals surface area contributed by atoms with Gasteiger partial charge in [0.15, 0.2) is 5.78 Å². The zero-order valence-electron chi connectivity index (χ0n) is 13.0. The second kappa shape index (κ2) is 7.07. The molecular weight excluding hydrogens is 260 g/mol. The summed E-state index contributed by atoms with van der Waals surface area (Å²) < 4.78 is 5.10. The minimum absolute atomic E-state index is 0.197. The fourth-order valence-corrected chi connectivity index (χ4v) is 2.43. The minimum atomic E-state index is 0.197. The molecule has 0 aliphatic heterocycles. The number of hydrogen-bond donors (Lipinski definition) is 0. The van der Waals surface area contributed by atoms with E-state index in [1.807, 2.05) is 24.3 Å². The van der Waals surface area contributed by atoms with Gasteiger partial charge in [0.05, 0.1) is 7.11 Å². The Labute approximate surface area is 126 Å². The molecular formula is C19H22O2. The molecule has 110 valence electrons. The normalized spacial score (nSPS) is 10.4. The molecule has 0 radical (unpaired) electrons. The third-order valence-electron chi connectivity index (χ3n) is 3.77. The van der Waals surface area contributed by atoms with Gasteiger partial charge in [-0.3, -0.25) is 4.79 Å². The van der Waals surface area contributed by atoms with E-state index in [2.05, 4.69) is 32.0 Å². The Balaban J connectivity index is 1.90. The number of ketones is 1. The summed E-state index contributed by atoms with van der Waals surface area (Å²) in [5.41, 5.74) is 4.68. The highest BCUT2D eigenvalue weighted by Crippen LogP contribution is 2.16. The molecule has 0 saturated heterocycles. The van der Waals surface area contributed by atoms with Gasteiger partial charge in [-0.25, -0.2) is 0 Å². The summed E-state index contributed by atoms with van der Waals surface area (Å²) in [6, 6.07) is 13.8. The van der Waals surface area contributed by atoms with Crippen molar-refractivity contribution in [2.45, 2.75) is 33.1 Å². The Morgan fingerprint density at radius 1 is 1.05 bits per heavy atom. The van der Waals surface area contributed by atoms with Crippen LogP contribution in [-0.2, 0) is 6.42 Å². The van der Waals surface area contributed by atoms with Gasteiger partial charge in [-0.2, -0.15) is 0 Å². The lowest BCUT2D eigenvalue weighted by molar-refractivity contribution is 0.0980. The molecule has 2 nitrogen and oxygen atoms in total. The molecule has 2 heteroatoms. The van der Waals surface area contributed by atoms with Crippen LogP contribution in [0.4, 0.5) is 0 Å². The molecule has 0 aromatic heterocycles. The highest BCUT2D eigenvalue weighted by Gasteiger charge is 2.07. The van der Waals surface area contributed by atoms with Gasteiger partial charge in [-0.05, 0) is 62.1 Å². The number of hydrogen-bond acceptors (Lipinski definition) is 2. The topological polar surface area (TPSA) is 26.3 Å². The lowest BCUT2D eigenvalue weighted by Crippen LogP contribution is -2.00. The van der Waals surface area contributed by atoms with E-state index in [4.69, 9.17) is 4.74 Å². The summed E-state index contributed by atoms with van der Waals surface area (Å²) in [6.07, 6.45) is 2.42. The van der Waals surface area contributed by atoms with Gasteiger partial charge >= 0.3 is 0 Å². The summed E-state index contributed by atoms with van der Waals surface area (Å²) in [7, 11) is 1.63. The van der Waals surface area contributed by atoms with Crippen molar-refractivity contribution in [2.24, 2.45) is 0 Å². The summed E-state index contributed by atoms with van der Waals surface area (Å²) in [5.74, 6) is 0.977. The van der Waals surface area contributed by atoms with Gasteiger partial charge < -0.3 is 4.74 Å². The Morgan fingerprint density at radius 3 is 2.43 bits per heavy atom. The second-order valence-electron chi connectivity index (χ2n) is 5.44. The number of ether oxygens (including phenoxy) is 1. The van der Waals surface area contributed by atoms with E-state index in [-0.39, 0.29) is 5.78 Å². The Kier molecular flexibility index (Phi) is 5.15. The molecule has 0 saturated carbocycles. The highest BCUT2D eigenvalue weighted by atomic mass is 16.5. The van der Waals surface area contributed by atoms with E-state index in [1.54, 1.807) is 7.11 Å². The predicted octanol–water partition coefficient (Wildman–Crippen LogP) is 4.52. The molecule has 0 spiro atoms. The first-order chi connectivity index (χ1) is 10.1. The fourth-order valence-electron chi connectivity index (χ4n) is 2.43. The number of carbonyl (C=O) groups is 1. The van der Waals surface area contributed by atoms with Crippen molar-refractivity contribution < 1.29 is 9.53 Å². The second-order valence-corrected chi connectivity index (χ2v) is 5.44. The number of aryl methyl sites for hydroxylation is 3. The van der Waals surface area contributed by atoms with Crippen molar-refractivity contribution in [1.82, 2.24) is 0 Å². The van der Waals surface area contributed by atoms with Crippen LogP contribution in [0, 0.1) is 13.8 Å². The maximum atomic E-state index is 12.1. The van der Waals surface area contributed by atoms with E-state index in [9.17, 15) is 4.79 Å². The molecule has 0 aliphatic carbocycles. The summed E-state index contributed by atoms with van der Waals surface area (Å²) >= 11 is 0. The molecule has 0 bridgehead atoms. The van der Waals surface area contributed by atoms with Crippen molar-refractivity contribution in [1.29, 1.82) is 0 Å². The van der Waals surface area contributed by atoms with Crippen molar-refractivity contribution in [3.8, 4) is 5.75 Å². The standard InChI is InChI=1S/C19H22O2/c1-14-7-8-15(2)17(13-14)5-4-6-19(20)16-9-11-18(21-3)12-10-16/h7-13H,4-6H2,1-3H3. The average Bonchev–Trinajstić information content (AvgIpc) is 2.50. The first kappa shape index (κ1) is 15.3. The largest absolute Gasteiger partial charge is 0.497 e. The van der Waals surface area contributed by atoms with Gasteiger partial charge in [-0.15, -0.1) is 0 Å². The number of carbonyl (C=O) groups excluding carboxylic acids is 1. The highest BCUT2D eigenvalue weighted by molar-refractivity contribution is 5.96. The SMILES string of the molecule is COc1ccc(C(=O)CCCc2cc(C)ccc2C)cc1. The van der Waals surface area contributed by atoms with Gasteiger partial charge in [0.25, 0.3) is 0 Å². The van der Waals surface area contributed by atoms with Gasteiger partial charge in [0.2, 0.25) is 0 Å². The lowest BCUT2D eigenvalue weighted by atomic mass is 9.98. The zero-order valence-corrected chi connectivity index (χ0v) is 13.0. The third-order valence-corrected chi connectivity index (χ3v) is 3.77. The Bertz CT molecular complexity index is 612. The molecule has 2 aromatic carbocycles. The van der Waals surface area contributed by atoms with Crippen LogP contribution < -0.4 is 4.74 Å². The molecule has 0 fully saturated rings. The van der Waals surface area contributed by atoms with Crippen LogP contribution in [0.3, 0.4) is 0 Å². The van der Waals surface area contributed by atoms with Crippen LogP contribution >= 0.6 is 0 Å². The third kappa shape index (κ3) is 4.19.